The van der Waals surface area contributed by atoms with Crippen molar-refractivity contribution in [3.05, 3.63) is 60.3 Å². The summed E-state index contributed by atoms with van der Waals surface area (Å²) in [6.45, 7) is 3.92. The number of imidazole rings is 1. The Balaban J connectivity index is 1.50. The van der Waals surface area contributed by atoms with E-state index in [9.17, 15) is 4.39 Å². The summed E-state index contributed by atoms with van der Waals surface area (Å²) in [5.41, 5.74) is 2.29. The average Bonchev–Trinajstić information content (AvgIpc) is 3.44. The van der Waals surface area contributed by atoms with Crippen molar-refractivity contribution in [2.45, 2.75) is 51.6 Å². The summed E-state index contributed by atoms with van der Waals surface area (Å²) in [5.74, 6) is 2.82. The largest absolute Gasteiger partial charge is 0.341 e. The zero-order valence-corrected chi connectivity index (χ0v) is 18.0. The van der Waals surface area contributed by atoms with Crippen LogP contribution in [0.5, 0.6) is 0 Å². The third-order valence-electron chi connectivity index (χ3n) is 6.58. The highest BCUT2D eigenvalue weighted by Gasteiger charge is 2.39. The van der Waals surface area contributed by atoms with Crippen LogP contribution in [0.25, 0.3) is 23.0 Å². The van der Waals surface area contributed by atoms with Gasteiger partial charge in [0.15, 0.2) is 11.6 Å². The first-order valence-electron chi connectivity index (χ1n) is 11.0. The highest BCUT2D eigenvalue weighted by molar-refractivity contribution is 5.64. The van der Waals surface area contributed by atoms with Gasteiger partial charge in [0.25, 0.3) is 0 Å². The molecule has 0 amide bonds. The van der Waals surface area contributed by atoms with Crippen molar-refractivity contribution < 1.29 is 4.39 Å². The molecule has 0 radical (unpaired) electrons. The highest BCUT2D eigenvalue weighted by Crippen LogP contribution is 2.43. The molecule has 4 aromatic rings. The van der Waals surface area contributed by atoms with Crippen LogP contribution >= 0.6 is 0 Å². The van der Waals surface area contributed by atoms with Gasteiger partial charge in [0, 0.05) is 24.0 Å². The Labute approximate surface area is 184 Å². The minimum atomic E-state index is -0.233. The van der Waals surface area contributed by atoms with Gasteiger partial charge >= 0.3 is 0 Å². The number of aryl methyl sites for hydroxylation is 1. The summed E-state index contributed by atoms with van der Waals surface area (Å²) in [7, 11) is 0. The Bertz CT molecular complexity index is 1310. The zero-order valence-electron chi connectivity index (χ0n) is 18.0. The number of hydrogen-bond acceptors (Lipinski definition) is 6. The van der Waals surface area contributed by atoms with Gasteiger partial charge < -0.3 is 4.90 Å². The van der Waals surface area contributed by atoms with Crippen molar-refractivity contribution in [3.8, 4) is 23.0 Å². The standard InChI is InChI=1S/C23H23FN8/c1-3-18-22-29-27-13-31(22)19-12-26-23(28-21(19)32(18)16-5-4-6-16)30-10-9-25-20(30)15-7-8-17(24)14(2)11-15/h7-13,16,18H,3-6H2,1-2H3/t18-/m1/s1. The lowest BCUT2D eigenvalue weighted by atomic mass is 9.89. The fourth-order valence-electron chi connectivity index (χ4n) is 4.70. The van der Waals surface area contributed by atoms with E-state index in [-0.39, 0.29) is 11.9 Å². The average molecular weight is 430 g/mol. The van der Waals surface area contributed by atoms with Gasteiger partial charge in [-0.1, -0.05) is 6.92 Å². The number of nitrogens with zero attached hydrogens (tertiary/aromatic N) is 8. The van der Waals surface area contributed by atoms with E-state index in [0.29, 0.717) is 23.4 Å². The Morgan fingerprint density at radius 2 is 2.03 bits per heavy atom. The molecular weight excluding hydrogens is 407 g/mol. The van der Waals surface area contributed by atoms with Crippen LogP contribution in [0.4, 0.5) is 10.2 Å². The van der Waals surface area contributed by atoms with E-state index < -0.39 is 0 Å². The molecule has 1 aromatic carbocycles. The molecule has 0 unspecified atom stereocenters. The Hall–Kier alpha value is -3.62. The molecule has 1 aliphatic heterocycles. The van der Waals surface area contributed by atoms with Gasteiger partial charge in [-0.05, 0) is 56.4 Å². The molecule has 0 bridgehead atoms. The number of anilines is 1. The smallest absolute Gasteiger partial charge is 0.237 e. The molecule has 162 valence electrons. The first kappa shape index (κ1) is 19.1. The molecular formula is C23H23FN8. The van der Waals surface area contributed by atoms with Gasteiger partial charge in [-0.2, -0.15) is 4.98 Å². The van der Waals surface area contributed by atoms with Crippen molar-refractivity contribution >= 4 is 5.82 Å². The van der Waals surface area contributed by atoms with E-state index in [2.05, 4.69) is 32.0 Å². The fraction of sp³-hybridized carbons (Fsp3) is 0.348. The molecule has 2 aliphatic rings. The fourth-order valence-corrected chi connectivity index (χ4v) is 4.70. The maximum atomic E-state index is 13.8. The number of benzene rings is 1. The van der Waals surface area contributed by atoms with Crippen LogP contribution in [0.3, 0.4) is 0 Å². The number of fused-ring (bicyclic) bond motifs is 3. The Kier molecular flexibility index (Phi) is 4.31. The lowest BCUT2D eigenvalue weighted by Gasteiger charge is -2.45. The summed E-state index contributed by atoms with van der Waals surface area (Å²) >= 11 is 0. The van der Waals surface area contributed by atoms with Crippen LogP contribution in [0.2, 0.25) is 0 Å². The predicted octanol–water partition coefficient (Wildman–Crippen LogP) is 4.18. The molecule has 6 rings (SSSR count). The van der Waals surface area contributed by atoms with Gasteiger partial charge in [0.1, 0.15) is 23.7 Å². The van der Waals surface area contributed by atoms with Crippen LogP contribution in [-0.4, -0.2) is 40.3 Å². The second-order valence-electron chi connectivity index (χ2n) is 8.44. The van der Waals surface area contributed by atoms with Crippen LogP contribution in [0, 0.1) is 12.7 Å². The van der Waals surface area contributed by atoms with E-state index in [1.807, 2.05) is 21.5 Å². The van der Waals surface area contributed by atoms with Gasteiger partial charge in [-0.15, -0.1) is 10.2 Å². The second kappa shape index (κ2) is 7.22. The van der Waals surface area contributed by atoms with Crippen LogP contribution in [0.15, 0.2) is 43.1 Å². The predicted molar refractivity (Wildman–Crippen MR) is 117 cm³/mol. The molecule has 1 fully saturated rings. The monoisotopic (exact) mass is 430 g/mol. The summed E-state index contributed by atoms with van der Waals surface area (Å²) in [4.78, 5) is 16.6. The molecule has 1 atom stereocenters. The van der Waals surface area contributed by atoms with Crippen molar-refractivity contribution in [1.29, 1.82) is 0 Å². The molecule has 4 heterocycles. The summed E-state index contributed by atoms with van der Waals surface area (Å²) in [6.07, 6.45) is 11.6. The van der Waals surface area contributed by atoms with Gasteiger partial charge in [-0.3, -0.25) is 9.13 Å². The molecule has 0 N–H and O–H groups in total. The minimum Gasteiger partial charge on any atom is -0.341 e. The molecule has 0 saturated heterocycles. The third kappa shape index (κ3) is 2.77. The van der Waals surface area contributed by atoms with Crippen molar-refractivity contribution in [2.24, 2.45) is 0 Å². The van der Waals surface area contributed by atoms with E-state index in [0.717, 1.165) is 42.2 Å². The SMILES string of the molecule is CC[C@@H]1c2nncn2-c2cnc(-n3ccnc3-c3ccc(F)c(C)c3)nc2N1C1CCC1. The second-order valence-corrected chi connectivity index (χ2v) is 8.44. The van der Waals surface area contributed by atoms with Crippen LogP contribution < -0.4 is 4.90 Å². The minimum absolute atomic E-state index is 0.125. The summed E-state index contributed by atoms with van der Waals surface area (Å²) < 4.78 is 17.7. The Morgan fingerprint density at radius 3 is 2.78 bits per heavy atom. The molecule has 8 nitrogen and oxygen atoms in total. The molecule has 1 saturated carbocycles. The van der Waals surface area contributed by atoms with E-state index in [1.165, 1.54) is 12.5 Å². The van der Waals surface area contributed by atoms with Crippen molar-refractivity contribution in [1.82, 2.24) is 34.3 Å². The molecule has 32 heavy (non-hydrogen) atoms. The molecule has 1 aliphatic carbocycles. The lowest BCUT2D eigenvalue weighted by molar-refractivity contribution is 0.341. The van der Waals surface area contributed by atoms with Crippen LogP contribution in [-0.2, 0) is 0 Å². The number of halogens is 1. The highest BCUT2D eigenvalue weighted by atomic mass is 19.1. The first-order valence-corrected chi connectivity index (χ1v) is 11.0. The zero-order chi connectivity index (χ0) is 21.8. The summed E-state index contributed by atoms with van der Waals surface area (Å²) in [6, 6.07) is 5.56. The van der Waals surface area contributed by atoms with Crippen molar-refractivity contribution in [3.63, 3.8) is 0 Å². The lowest BCUT2D eigenvalue weighted by Crippen LogP contribution is -2.46. The van der Waals surface area contributed by atoms with E-state index >= 15 is 0 Å². The summed E-state index contributed by atoms with van der Waals surface area (Å²) in [5, 5.41) is 8.58. The van der Waals surface area contributed by atoms with Crippen LogP contribution in [0.1, 0.15) is 50.0 Å². The first-order chi connectivity index (χ1) is 15.7. The third-order valence-corrected chi connectivity index (χ3v) is 6.58. The quantitative estimate of drug-likeness (QED) is 0.483. The maximum absolute atomic E-state index is 13.8. The normalized spacial score (nSPS) is 17.7. The van der Waals surface area contributed by atoms with Gasteiger partial charge in [0.2, 0.25) is 5.95 Å². The molecule has 3 aromatic heterocycles. The Morgan fingerprint density at radius 1 is 1.16 bits per heavy atom. The molecule has 0 spiro atoms. The number of rotatable bonds is 4. The van der Waals surface area contributed by atoms with Gasteiger partial charge in [0.05, 0.1) is 12.2 Å². The number of hydrogen-bond donors (Lipinski definition) is 0. The topological polar surface area (TPSA) is 77.5 Å². The van der Waals surface area contributed by atoms with Crippen molar-refractivity contribution in [2.75, 3.05) is 4.90 Å². The van der Waals surface area contributed by atoms with Gasteiger partial charge in [-0.25, -0.2) is 14.4 Å². The molecule has 9 heteroatoms. The number of aromatic nitrogens is 7. The van der Waals surface area contributed by atoms with E-state index in [4.69, 9.17) is 4.98 Å². The maximum Gasteiger partial charge on any atom is 0.237 e. The van der Waals surface area contributed by atoms with E-state index in [1.54, 1.807) is 31.6 Å².